The first-order chi connectivity index (χ1) is 10.2. The molecule has 0 unspecified atom stereocenters. The van der Waals surface area contributed by atoms with Crippen molar-refractivity contribution < 1.29 is 14.1 Å². The maximum Gasteiger partial charge on any atom is 0.254 e. The molecule has 2 heterocycles. The van der Waals surface area contributed by atoms with E-state index in [2.05, 4.69) is 5.16 Å². The molecule has 1 amide bonds. The summed E-state index contributed by atoms with van der Waals surface area (Å²) in [4.78, 5) is 14.6. The third-order valence-corrected chi connectivity index (χ3v) is 3.80. The van der Waals surface area contributed by atoms with Gasteiger partial charge in [0.2, 0.25) is 0 Å². The molecular formula is C16H18N2O3. The van der Waals surface area contributed by atoms with Crippen molar-refractivity contribution in [1.29, 1.82) is 0 Å². The zero-order valence-electron chi connectivity index (χ0n) is 12.2. The monoisotopic (exact) mass is 286 g/mol. The molecule has 0 bridgehead atoms. The first kappa shape index (κ1) is 13.7. The minimum Gasteiger partial charge on any atom is -0.497 e. The predicted octanol–water partition coefficient (Wildman–Crippen LogP) is 2.97. The number of ether oxygens (including phenoxy) is 1. The zero-order valence-corrected chi connectivity index (χ0v) is 12.2. The molecule has 1 atom stereocenters. The molecule has 1 fully saturated rings. The second-order valence-electron chi connectivity index (χ2n) is 5.26. The number of carbonyl (C=O) groups is 1. The van der Waals surface area contributed by atoms with E-state index < -0.39 is 0 Å². The van der Waals surface area contributed by atoms with Gasteiger partial charge in [-0.2, -0.15) is 0 Å². The van der Waals surface area contributed by atoms with Gasteiger partial charge in [0.05, 0.1) is 18.8 Å². The van der Waals surface area contributed by atoms with Gasteiger partial charge >= 0.3 is 0 Å². The maximum atomic E-state index is 12.7. The van der Waals surface area contributed by atoms with Crippen LogP contribution < -0.4 is 4.74 Å². The van der Waals surface area contributed by atoms with Crippen molar-refractivity contribution in [2.24, 2.45) is 0 Å². The summed E-state index contributed by atoms with van der Waals surface area (Å²) in [5.74, 6) is 1.46. The molecule has 2 aromatic rings. The number of aromatic nitrogens is 1. The van der Waals surface area contributed by atoms with E-state index in [1.807, 2.05) is 36.1 Å². The summed E-state index contributed by atoms with van der Waals surface area (Å²) in [5, 5.41) is 3.92. The van der Waals surface area contributed by atoms with Crippen LogP contribution in [0.2, 0.25) is 0 Å². The molecule has 0 N–H and O–H groups in total. The van der Waals surface area contributed by atoms with Gasteiger partial charge in [-0.05, 0) is 38.0 Å². The summed E-state index contributed by atoms with van der Waals surface area (Å²) in [7, 11) is 1.60. The molecule has 21 heavy (non-hydrogen) atoms. The van der Waals surface area contributed by atoms with Crippen LogP contribution in [0.25, 0.3) is 0 Å². The summed E-state index contributed by atoms with van der Waals surface area (Å²) in [6, 6.07) is 9.12. The lowest BCUT2D eigenvalue weighted by Gasteiger charge is -2.22. The van der Waals surface area contributed by atoms with Crippen LogP contribution >= 0.6 is 0 Å². The first-order valence-electron chi connectivity index (χ1n) is 7.07. The van der Waals surface area contributed by atoms with Gasteiger partial charge < -0.3 is 14.2 Å². The summed E-state index contributed by atoms with van der Waals surface area (Å²) >= 11 is 0. The molecule has 1 aromatic carbocycles. The van der Waals surface area contributed by atoms with Gasteiger partial charge in [-0.15, -0.1) is 0 Å². The highest BCUT2D eigenvalue weighted by Crippen LogP contribution is 2.33. The highest BCUT2D eigenvalue weighted by Gasteiger charge is 2.33. The Bertz CT molecular complexity index is 650. The van der Waals surface area contributed by atoms with Gasteiger partial charge in [-0.1, -0.05) is 11.2 Å². The smallest absolute Gasteiger partial charge is 0.254 e. The highest BCUT2D eigenvalue weighted by atomic mass is 16.5. The quantitative estimate of drug-likeness (QED) is 0.870. The molecule has 1 aromatic heterocycles. The van der Waals surface area contributed by atoms with Crippen molar-refractivity contribution in [2.75, 3.05) is 13.7 Å². The van der Waals surface area contributed by atoms with Crippen molar-refractivity contribution in [2.45, 2.75) is 25.8 Å². The number of hydrogen-bond acceptors (Lipinski definition) is 4. The normalized spacial score (nSPS) is 18.0. The zero-order chi connectivity index (χ0) is 14.8. The number of hydrogen-bond donors (Lipinski definition) is 0. The fraction of sp³-hybridized carbons (Fsp3) is 0.375. The molecule has 0 saturated carbocycles. The van der Waals surface area contributed by atoms with E-state index in [0.717, 1.165) is 30.8 Å². The van der Waals surface area contributed by atoms with Crippen molar-refractivity contribution in [3.8, 4) is 5.75 Å². The second-order valence-corrected chi connectivity index (χ2v) is 5.26. The molecule has 1 aliphatic heterocycles. The first-order valence-corrected chi connectivity index (χ1v) is 7.07. The summed E-state index contributed by atoms with van der Waals surface area (Å²) in [6.45, 7) is 2.62. The molecule has 110 valence electrons. The minimum absolute atomic E-state index is 0.00505. The lowest BCUT2D eigenvalue weighted by atomic mass is 10.1. The molecule has 0 spiro atoms. The van der Waals surface area contributed by atoms with Crippen LogP contribution in [0.4, 0.5) is 0 Å². The SMILES string of the molecule is COc1cccc(C(=O)N2CCC[C@H]2c2cc(C)no2)c1. The Morgan fingerprint density at radius 1 is 1.43 bits per heavy atom. The van der Waals surface area contributed by atoms with E-state index in [0.29, 0.717) is 11.3 Å². The van der Waals surface area contributed by atoms with Crippen molar-refractivity contribution >= 4 is 5.91 Å². The Morgan fingerprint density at radius 3 is 3.00 bits per heavy atom. The standard InChI is InChI=1S/C16H18N2O3/c1-11-9-15(21-17-11)14-7-4-8-18(14)16(19)12-5-3-6-13(10-12)20-2/h3,5-6,9-10,14H,4,7-8H2,1-2H3/t14-/m0/s1. The number of benzene rings is 1. The Labute approximate surface area is 123 Å². The molecule has 1 aliphatic rings. The molecule has 0 radical (unpaired) electrons. The largest absolute Gasteiger partial charge is 0.497 e. The average molecular weight is 286 g/mol. The minimum atomic E-state index is -0.0232. The second kappa shape index (κ2) is 5.60. The fourth-order valence-electron chi connectivity index (χ4n) is 2.77. The Hall–Kier alpha value is -2.30. The molecule has 1 saturated heterocycles. The van der Waals surface area contributed by atoms with E-state index in [1.165, 1.54) is 0 Å². The molecule has 3 rings (SSSR count). The van der Waals surface area contributed by atoms with Gasteiger partial charge in [0.25, 0.3) is 5.91 Å². The van der Waals surface area contributed by atoms with Crippen molar-refractivity contribution in [1.82, 2.24) is 10.1 Å². The van der Waals surface area contributed by atoms with Gasteiger partial charge in [0.15, 0.2) is 5.76 Å². The average Bonchev–Trinajstić information content (AvgIpc) is 3.15. The molecule has 5 heteroatoms. The number of amides is 1. The predicted molar refractivity (Wildman–Crippen MR) is 77.2 cm³/mol. The van der Waals surface area contributed by atoms with Crippen molar-refractivity contribution in [3.63, 3.8) is 0 Å². The third-order valence-electron chi connectivity index (χ3n) is 3.80. The lowest BCUT2D eigenvalue weighted by molar-refractivity contribution is 0.0714. The van der Waals surface area contributed by atoms with Crippen LogP contribution in [0.3, 0.4) is 0 Å². The van der Waals surface area contributed by atoms with E-state index in [9.17, 15) is 4.79 Å². The number of carbonyl (C=O) groups excluding carboxylic acids is 1. The number of nitrogens with zero attached hydrogens (tertiary/aromatic N) is 2. The van der Waals surface area contributed by atoms with Gasteiger partial charge in [-0.3, -0.25) is 4.79 Å². The number of rotatable bonds is 3. The van der Waals surface area contributed by atoms with Crippen LogP contribution in [0, 0.1) is 6.92 Å². The Kier molecular flexibility index (Phi) is 3.64. The number of aryl methyl sites for hydroxylation is 1. The maximum absolute atomic E-state index is 12.7. The van der Waals surface area contributed by atoms with Crippen LogP contribution in [-0.2, 0) is 0 Å². The Morgan fingerprint density at radius 2 is 2.29 bits per heavy atom. The van der Waals surface area contributed by atoms with E-state index in [4.69, 9.17) is 9.26 Å². The fourth-order valence-corrected chi connectivity index (χ4v) is 2.77. The van der Waals surface area contributed by atoms with Gasteiger partial charge in [-0.25, -0.2) is 0 Å². The van der Waals surface area contributed by atoms with Crippen LogP contribution in [0.1, 0.15) is 40.7 Å². The third kappa shape index (κ3) is 2.63. The highest BCUT2D eigenvalue weighted by molar-refractivity contribution is 5.95. The number of likely N-dealkylation sites (tertiary alicyclic amines) is 1. The van der Waals surface area contributed by atoms with Crippen LogP contribution in [-0.4, -0.2) is 29.6 Å². The van der Waals surface area contributed by atoms with E-state index >= 15 is 0 Å². The summed E-state index contributed by atoms with van der Waals surface area (Å²) in [5.41, 5.74) is 1.48. The molecule has 0 aliphatic carbocycles. The molecule has 5 nitrogen and oxygen atoms in total. The topological polar surface area (TPSA) is 55.6 Å². The van der Waals surface area contributed by atoms with Crippen LogP contribution in [0.15, 0.2) is 34.9 Å². The summed E-state index contributed by atoms with van der Waals surface area (Å²) < 4.78 is 10.5. The van der Waals surface area contributed by atoms with Crippen molar-refractivity contribution in [3.05, 3.63) is 47.3 Å². The summed E-state index contributed by atoms with van der Waals surface area (Å²) in [6.07, 6.45) is 1.88. The van der Waals surface area contributed by atoms with E-state index in [-0.39, 0.29) is 11.9 Å². The molecular weight excluding hydrogens is 268 g/mol. The van der Waals surface area contributed by atoms with Gasteiger partial charge in [0.1, 0.15) is 5.75 Å². The lowest BCUT2D eigenvalue weighted by Crippen LogP contribution is -2.30. The number of methoxy groups -OCH3 is 1. The van der Waals surface area contributed by atoms with Gasteiger partial charge in [0, 0.05) is 18.2 Å². The Balaban J connectivity index is 1.85. The van der Waals surface area contributed by atoms with E-state index in [1.54, 1.807) is 13.2 Å². The van der Waals surface area contributed by atoms with Crippen LogP contribution in [0.5, 0.6) is 5.75 Å².